The predicted molar refractivity (Wildman–Crippen MR) is 49.7 cm³/mol. The summed E-state index contributed by atoms with van der Waals surface area (Å²) < 4.78 is 5.26. The largest absolute Gasteiger partial charge is 0.377 e. The van der Waals surface area contributed by atoms with Gasteiger partial charge in [-0.15, -0.1) is 0 Å². The summed E-state index contributed by atoms with van der Waals surface area (Å²) in [5.41, 5.74) is 1.35. The van der Waals surface area contributed by atoms with Crippen molar-refractivity contribution in [2.75, 3.05) is 13.2 Å². The van der Waals surface area contributed by atoms with Crippen molar-refractivity contribution in [3.8, 4) is 0 Å². The molecule has 0 fully saturated rings. The van der Waals surface area contributed by atoms with E-state index in [1.807, 2.05) is 6.92 Å². The lowest BCUT2D eigenvalue weighted by atomic mass is 10.1. The lowest BCUT2D eigenvalue weighted by molar-refractivity contribution is 0.170. The maximum absolute atomic E-state index is 5.26. The zero-order valence-electron chi connectivity index (χ0n) is 8.18. The predicted octanol–water partition coefficient (Wildman–Crippen LogP) is 3.02. The molecule has 0 N–H and O–H groups in total. The third-order valence-corrected chi connectivity index (χ3v) is 1.47. The second kappa shape index (κ2) is 6.41. The molecule has 0 aliphatic carbocycles. The molecule has 0 aromatic rings. The van der Waals surface area contributed by atoms with Gasteiger partial charge < -0.3 is 4.74 Å². The minimum Gasteiger partial charge on any atom is -0.377 e. The van der Waals surface area contributed by atoms with E-state index in [0.29, 0.717) is 0 Å². The first-order chi connectivity index (χ1) is 5.16. The van der Waals surface area contributed by atoms with Gasteiger partial charge in [0.25, 0.3) is 0 Å². The number of rotatable bonds is 5. The Balaban J connectivity index is 3.46. The quantitative estimate of drug-likeness (QED) is 0.556. The summed E-state index contributed by atoms with van der Waals surface area (Å²) in [5.74, 6) is 0.756. The molecule has 0 aliphatic heterocycles. The number of hydrogen-bond donors (Lipinski definition) is 0. The Bertz CT molecular complexity index is 114. The van der Waals surface area contributed by atoms with Crippen molar-refractivity contribution >= 4 is 0 Å². The van der Waals surface area contributed by atoms with Crippen molar-refractivity contribution in [2.24, 2.45) is 5.92 Å². The molecule has 1 nitrogen and oxygen atoms in total. The molecule has 0 unspecified atom stereocenters. The topological polar surface area (TPSA) is 9.23 Å². The Labute approximate surface area is 70.4 Å². The first-order valence-electron chi connectivity index (χ1n) is 4.40. The first-order valence-corrected chi connectivity index (χ1v) is 4.40. The maximum atomic E-state index is 5.26. The van der Waals surface area contributed by atoms with Crippen LogP contribution in [0, 0.1) is 5.92 Å². The highest BCUT2D eigenvalue weighted by Gasteiger charge is 1.91. The van der Waals surface area contributed by atoms with Crippen molar-refractivity contribution in [3.63, 3.8) is 0 Å². The second-order valence-corrected chi connectivity index (χ2v) is 3.32. The molecule has 0 saturated heterocycles. The molecule has 0 bridgehead atoms. The van der Waals surface area contributed by atoms with E-state index in [0.717, 1.165) is 19.1 Å². The molecular formula is C10H20O. The SMILES string of the molecule is CCOCC(C)=CCC(C)C. The van der Waals surface area contributed by atoms with Gasteiger partial charge in [-0.1, -0.05) is 25.5 Å². The van der Waals surface area contributed by atoms with Crippen LogP contribution in [0.3, 0.4) is 0 Å². The van der Waals surface area contributed by atoms with E-state index in [-0.39, 0.29) is 0 Å². The maximum Gasteiger partial charge on any atom is 0.0673 e. The smallest absolute Gasteiger partial charge is 0.0673 e. The van der Waals surface area contributed by atoms with E-state index < -0.39 is 0 Å². The first kappa shape index (κ1) is 10.7. The van der Waals surface area contributed by atoms with Crippen LogP contribution in [0.1, 0.15) is 34.1 Å². The summed E-state index contributed by atoms with van der Waals surface area (Å²) in [7, 11) is 0. The molecule has 1 heteroatoms. The Kier molecular flexibility index (Phi) is 6.24. The number of hydrogen-bond acceptors (Lipinski definition) is 1. The molecule has 0 radical (unpaired) electrons. The van der Waals surface area contributed by atoms with Crippen molar-refractivity contribution < 1.29 is 4.74 Å². The van der Waals surface area contributed by atoms with E-state index in [2.05, 4.69) is 26.8 Å². The highest BCUT2D eigenvalue weighted by atomic mass is 16.5. The van der Waals surface area contributed by atoms with E-state index in [9.17, 15) is 0 Å². The van der Waals surface area contributed by atoms with Crippen molar-refractivity contribution in [1.82, 2.24) is 0 Å². The molecule has 0 saturated carbocycles. The van der Waals surface area contributed by atoms with E-state index in [1.54, 1.807) is 0 Å². The fraction of sp³-hybridized carbons (Fsp3) is 0.800. The lowest BCUT2D eigenvalue weighted by Crippen LogP contribution is -1.95. The molecule has 0 rings (SSSR count). The van der Waals surface area contributed by atoms with Crippen LogP contribution in [0.15, 0.2) is 11.6 Å². The molecule has 66 valence electrons. The van der Waals surface area contributed by atoms with E-state index >= 15 is 0 Å². The normalized spacial score (nSPS) is 12.6. The molecular weight excluding hydrogens is 136 g/mol. The molecule has 0 aromatic carbocycles. The van der Waals surface area contributed by atoms with Crippen LogP contribution >= 0.6 is 0 Å². The van der Waals surface area contributed by atoms with E-state index in [4.69, 9.17) is 4.74 Å². The average Bonchev–Trinajstić information content (AvgIpc) is 1.97. The number of allylic oxidation sites excluding steroid dienone is 1. The second-order valence-electron chi connectivity index (χ2n) is 3.32. The zero-order valence-corrected chi connectivity index (χ0v) is 8.18. The zero-order chi connectivity index (χ0) is 8.69. The summed E-state index contributed by atoms with van der Waals surface area (Å²) in [5, 5.41) is 0. The lowest BCUT2D eigenvalue weighted by Gasteiger charge is -2.02. The van der Waals surface area contributed by atoms with Gasteiger partial charge in [-0.25, -0.2) is 0 Å². The van der Waals surface area contributed by atoms with Gasteiger partial charge in [-0.3, -0.25) is 0 Å². The van der Waals surface area contributed by atoms with Gasteiger partial charge >= 0.3 is 0 Å². The highest BCUT2D eigenvalue weighted by Crippen LogP contribution is 2.04. The van der Waals surface area contributed by atoms with Gasteiger partial charge in [0.05, 0.1) is 6.61 Å². The van der Waals surface area contributed by atoms with Crippen LogP contribution in [0.4, 0.5) is 0 Å². The summed E-state index contributed by atoms with van der Waals surface area (Å²) in [6.07, 6.45) is 3.43. The van der Waals surface area contributed by atoms with Crippen LogP contribution in [-0.2, 0) is 4.74 Å². The van der Waals surface area contributed by atoms with Crippen LogP contribution < -0.4 is 0 Å². The number of ether oxygens (including phenoxy) is 1. The average molecular weight is 156 g/mol. The van der Waals surface area contributed by atoms with Gasteiger partial charge in [0.1, 0.15) is 0 Å². The van der Waals surface area contributed by atoms with Gasteiger partial charge in [0.15, 0.2) is 0 Å². The molecule has 0 aromatic heterocycles. The minimum absolute atomic E-state index is 0.756. The van der Waals surface area contributed by atoms with Crippen LogP contribution in [0.5, 0.6) is 0 Å². The Morgan fingerprint density at radius 3 is 2.55 bits per heavy atom. The summed E-state index contributed by atoms with van der Waals surface area (Å²) in [6.45, 7) is 10.2. The third-order valence-electron chi connectivity index (χ3n) is 1.47. The molecule has 0 aliphatic rings. The molecule has 0 heterocycles. The van der Waals surface area contributed by atoms with Crippen LogP contribution in [0.2, 0.25) is 0 Å². The van der Waals surface area contributed by atoms with Crippen molar-refractivity contribution in [2.45, 2.75) is 34.1 Å². The Morgan fingerprint density at radius 2 is 2.09 bits per heavy atom. The van der Waals surface area contributed by atoms with Gasteiger partial charge in [0.2, 0.25) is 0 Å². The summed E-state index contributed by atoms with van der Waals surface area (Å²) in [4.78, 5) is 0. The van der Waals surface area contributed by atoms with Gasteiger partial charge in [-0.05, 0) is 26.2 Å². The molecule has 0 spiro atoms. The highest BCUT2D eigenvalue weighted by molar-refractivity contribution is 4.98. The molecule has 0 atom stereocenters. The molecule has 11 heavy (non-hydrogen) atoms. The minimum atomic E-state index is 0.756. The summed E-state index contributed by atoms with van der Waals surface area (Å²) >= 11 is 0. The van der Waals surface area contributed by atoms with Crippen molar-refractivity contribution in [3.05, 3.63) is 11.6 Å². The Morgan fingerprint density at radius 1 is 1.45 bits per heavy atom. The third kappa shape index (κ3) is 7.60. The van der Waals surface area contributed by atoms with Crippen LogP contribution in [-0.4, -0.2) is 13.2 Å². The van der Waals surface area contributed by atoms with E-state index in [1.165, 1.54) is 12.0 Å². The standard InChI is InChI=1S/C10H20O/c1-5-11-8-10(4)7-6-9(2)3/h7,9H,5-6,8H2,1-4H3. The van der Waals surface area contributed by atoms with Crippen molar-refractivity contribution in [1.29, 1.82) is 0 Å². The van der Waals surface area contributed by atoms with Crippen LogP contribution in [0.25, 0.3) is 0 Å². The fourth-order valence-electron chi connectivity index (χ4n) is 0.759. The Hall–Kier alpha value is -0.300. The monoisotopic (exact) mass is 156 g/mol. The summed E-state index contributed by atoms with van der Waals surface area (Å²) in [6, 6.07) is 0. The van der Waals surface area contributed by atoms with Gasteiger partial charge in [-0.2, -0.15) is 0 Å². The van der Waals surface area contributed by atoms with Gasteiger partial charge in [0, 0.05) is 6.61 Å². The molecule has 0 amide bonds. The fourth-order valence-corrected chi connectivity index (χ4v) is 0.759.